The van der Waals surface area contributed by atoms with Crippen LogP contribution in [0.4, 0.5) is 5.69 Å². The van der Waals surface area contributed by atoms with Crippen molar-refractivity contribution in [3.8, 4) is 17.2 Å². The number of hydrogen-bond acceptors (Lipinski definition) is 6. The summed E-state index contributed by atoms with van der Waals surface area (Å²) in [5.74, 6) is 0.405. The number of rotatable bonds is 5. The average molecular weight is 524 g/mol. The van der Waals surface area contributed by atoms with Gasteiger partial charge in [0, 0.05) is 0 Å². The van der Waals surface area contributed by atoms with Gasteiger partial charge in [-0.3, -0.25) is 14.9 Å². The Morgan fingerprint density at radius 2 is 1.72 bits per heavy atom. The van der Waals surface area contributed by atoms with Crippen LogP contribution in [0.1, 0.15) is 5.56 Å². The summed E-state index contributed by atoms with van der Waals surface area (Å²) in [6.07, 6.45) is 1.49. The molecule has 0 saturated carbocycles. The van der Waals surface area contributed by atoms with E-state index in [1.807, 2.05) is 0 Å². The molecule has 2 amide bonds. The molecule has 0 unspecified atom stereocenters. The molecule has 7 nitrogen and oxygen atoms in total. The first-order valence-corrected chi connectivity index (χ1v) is 9.86. The predicted octanol–water partition coefficient (Wildman–Crippen LogP) is 3.15. The first-order valence-electron chi connectivity index (χ1n) is 8.37. The highest BCUT2D eigenvalue weighted by Crippen LogP contribution is 2.35. The number of nitrogens with one attached hydrogen (secondary N) is 1. The molecule has 1 aliphatic rings. The molecule has 1 aliphatic heterocycles. The molecule has 0 aromatic heterocycles. The van der Waals surface area contributed by atoms with Crippen LogP contribution >= 0.6 is 34.8 Å². The maximum Gasteiger partial charge on any atom is 0.270 e. The number of carbonyl (C=O) groups is 2. The first-order chi connectivity index (χ1) is 13.9. The van der Waals surface area contributed by atoms with Crippen LogP contribution in [0.25, 0.3) is 6.08 Å². The lowest BCUT2D eigenvalue weighted by Gasteiger charge is -2.29. The number of ether oxygens (including phenoxy) is 3. The summed E-state index contributed by atoms with van der Waals surface area (Å²) in [6, 6.07) is 10.4. The lowest BCUT2D eigenvalue weighted by molar-refractivity contribution is -0.122. The van der Waals surface area contributed by atoms with Crippen LogP contribution in [0.3, 0.4) is 0 Å². The highest BCUT2D eigenvalue weighted by molar-refractivity contribution is 14.1. The summed E-state index contributed by atoms with van der Waals surface area (Å²) < 4.78 is 16.8. The molecule has 0 spiro atoms. The van der Waals surface area contributed by atoms with Gasteiger partial charge in [0.15, 0.2) is 16.6 Å². The zero-order chi connectivity index (χ0) is 21.1. The van der Waals surface area contributed by atoms with Crippen LogP contribution < -0.4 is 24.4 Å². The highest BCUT2D eigenvalue weighted by atomic mass is 127. The Kier molecular flexibility index (Phi) is 6.38. The Morgan fingerprint density at radius 3 is 2.38 bits per heavy atom. The number of carbonyl (C=O) groups excluding carboxylic acids is 2. The normalized spacial score (nSPS) is 15.4. The molecule has 150 valence electrons. The molecule has 1 saturated heterocycles. The van der Waals surface area contributed by atoms with E-state index in [2.05, 4.69) is 27.9 Å². The smallest absolute Gasteiger partial charge is 0.270 e. The third-order valence-electron chi connectivity index (χ3n) is 4.19. The summed E-state index contributed by atoms with van der Waals surface area (Å²) in [7, 11) is 4.56. The SMILES string of the molecule is COc1ccccc1N1C(=O)/C(=C/c2cc(I)c(OC)c(OC)c2)C(=O)NC1=S. The van der Waals surface area contributed by atoms with Crippen molar-refractivity contribution in [1.29, 1.82) is 0 Å². The van der Waals surface area contributed by atoms with Crippen LogP contribution in [0.15, 0.2) is 42.0 Å². The lowest BCUT2D eigenvalue weighted by atomic mass is 10.1. The largest absolute Gasteiger partial charge is 0.495 e. The van der Waals surface area contributed by atoms with Crippen molar-refractivity contribution in [2.24, 2.45) is 0 Å². The van der Waals surface area contributed by atoms with E-state index < -0.39 is 11.8 Å². The van der Waals surface area contributed by atoms with Crippen molar-refractivity contribution in [1.82, 2.24) is 5.32 Å². The van der Waals surface area contributed by atoms with E-state index in [0.717, 1.165) is 3.57 Å². The van der Waals surface area contributed by atoms with Gasteiger partial charge in [0.2, 0.25) is 0 Å². The van der Waals surface area contributed by atoms with Gasteiger partial charge < -0.3 is 14.2 Å². The van der Waals surface area contributed by atoms with Gasteiger partial charge in [-0.1, -0.05) is 12.1 Å². The standard InChI is InChI=1S/C20H17IN2O5S/c1-26-15-7-5-4-6-14(15)23-19(25)12(18(24)22-20(23)29)8-11-9-13(21)17(28-3)16(10-11)27-2/h4-10H,1-3H3,(H,22,24,29)/b12-8+. The molecule has 0 atom stereocenters. The molecule has 1 fully saturated rings. The zero-order valence-corrected chi connectivity index (χ0v) is 18.8. The third-order valence-corrected chi connectivity index (χ3v) is 5.28. The van der Waals surface area contributed by atoms with E-state index in [-0.39, 0.29) is 10.7 Å². The number of thiocarbonyl (C=S) groups is 1. The monoisotopic (exact) mass is 524 g/mol. The molecule has 0 radical (unpaired) electrons. The van der Waals surface area contributed by atoms with Crippen molar-refractivity contribution < 1.29 is 23.8 Å². The predicted molar refractivity (Wildman–Crippen MR) is 121 cm³/mol. The van der Waals surface area contributed by atoms with Crippen LogP contribution in [0.2, 0.25) is 0 Å². The minimum absolute atomic E-state index is 0.0106. The number of anilines is 1. The molecule has 2 aromatic rings. The summed E-state index contributed by atoms with van der Waals surface area (Å²) in [5.41, 5.74) is 0.990. The third kappa shape index (κ3) is 4.06. The van der Waals surface area contributed by atoms with Gasteiger partial charge in [0.1, 0.15) is 11.3 Å². The van der Waals surface area contributed by atoms with E-state index in [4.69, 9.17) is 26.4 Å². The summed E-state index contributed by atoms with van der Waals surface area (Å²) >= 11 is 7.33. The van der Waals surface area contributed by atoms with Gasteiger partial charge in [-0.25, -0.2) is 4.90 Å². The number of halogens is 1. The second kappa shape index (κ2) is 8.78. The fourth-order valence-electron chi connectivity index (χ4n) is 2.88. The van der Waals surface area contributed by atoms with E-state index in [1.165, 1.54) is 25.2 Å². The summed E-state index contributed by atoms with van der Waals surface area (Å²) in [5, 5.41) is 2.55. The van der Waals surface area contributed by atoms with Crippen LogP contribution in [-0.2, 0) is 9.59 Å². The number of amides is 2. The Hall–Kier alpha value is -2.66. The molecule has 2 aromatic carbocycles. The van der Waals surface area contributed by atoms with Gasteiger partial charge in [0.05, 0.1) is 30.6 Å². The Balaban J connectivity index is 2.08. The van der Waals surface area contributed by atoms with E-state index in [0.29, 0.717) is 28.5 Å². The quantitative estimate of drug-likeness (QED) is 0.281. The second-order valence-corrected chi connectivity index (χ2v) is 7.42. The average Bonchev–Trinajstić information content (AvgIpc) is 2.70. The molecule has 0 aliphatic carbocycles. The Labute approximate surface area is 186 Å². The van der Waals surface area contributed by atoms with E-state index in [1.54, 1.807) is 43.5 Å². The molecular formula is C20H17IN2O5S. The van der Waals surface area contributed by atoms with Gasteiger partial charge in [-0.2, -0.15) is 0 Å². The number of benzene rings is 2. The molecule has 1 heterocycles. The molecular weight excluding hydrogens is 507 g/mol. The van der Waals surface area contributed by atoms with E-state index >= 15 is 0 Å². The molecule has 1 N–H and O–H groups in total. The van der Waals surface area contributed by atoms with Crippen molar-refractivity contribution in [3.63, 3.8) is 0 Å². The highest BCUT2D eigenvalue weighted by Gasteiger charge is 2.35. The first kappa shape index (κ1) is 21.1. The molecule has 3 rings (SSSR count). The minimum Gasteiger partial charge on any atom is -0.495 e. The van der Waals surface area contributed by atoms with Crippen LogP contribution in [0, 0.1) is 3.57 Å². The topological polar surface area (TPSA) is 77.1 Å². The fraction of sp³-hybridized carbons (Fsp3) is 0.150. The Bertz CT molecular complexity index is 1040. The van der Waals surface area contributed by atoms with E-state index in [9.17, 15) is 9.59 Å². The van der Waals surface area contributed by atoms with Gasteiger partial charge in [-0.05, 0) is 70.7 Å². The number of para-hydroxylation sites is 2. The Morgan fingerprint density at radius 1 is 1.03 bits per heavy atom. The molecule has 0 bridgehead atoms. The fourth-order valence-corrected chi connectivity index (χ4v) is 4.00. The molecule has 29 heavy (non-hydrogen) atoms. The van der Waals surface area contributed by atoms with Gasteiger partial charge in [-0.15, -0.1) is 0 Å². The van der Waals surface area contributed by atoms with Crippen molar-refractivity contribution >= 4 is 63.5 Å². The van der Waals surface area contributed by atoms with Crippen molar-refractivity contribution in [3.05, 3.63) is 51.1 Å². The lowest BCUT2D eigenvalue weighted by Crippen LogP contribution is -2.54. The summed E-state index contributed by atoms with van der Waals surface area (Å²) in [6.45, 7) is 0. The number of nitrogens with zero attached hydrogens (tertiary/aromatic N) is 1. The molecule has 9 heteroatoms. The summed E-state index contributed by atoms with van der Waals surface area (Å²) in [4.78, 5) is 26.9. The zero-order valence-electron chi connectivity index (χ0n) is 15.8. The van der Waals surface area contributed by atoms with Gasteiger partial charge in [0.25, 0.3) is 11.8 Å². The maximum atomic E-state index is 13.2. The van der Waals surface area contributed by atoms with Crippen molar-refractivity contribution in [2.75, 3.05) is 26.2 Å². The minimum atomic E-state index is -0.573. The number of hydrogen-bond donors (Lipinski definition) is 1. The van der Waals surface area contributed by atoms with Gasteiger partial charge >= 0.3 is 0 Å². The number of methoxy groups -OCH3 is 3. The van der Waals surface area contributed by atoms with Crippen LogP contribution in [-0.4, -0.2) is 38.3 Å². The maximum absolute atomic E-state index is 13.2. The van der Waals surface area contributed by atoms with Crippen LogP contribution in [0.5, 0.6) is 17.2 Å². The second-order valence-electron chi connectivity index (χ2n) is 5.87. The van der Waals surface area contributed by atoms with Crippen molar-refractivity contribution in [2.45, 2.75) is 0 Å².